The number of amides is 2. The maximum atomic E-state index is 13.1. The lowest BCUT2D eigenvalue weighted by atomic mass is 10.1. The number of hydrogen-bond donors (Lipinski definition) is 1. The lowest BCUT2D eigenvalue weighted by molar-refractivity contribution is -0.143. The third-order valence-corrected chi connectivity index (χ3v) is 5.08. The topological polar surface area (TPSA) is 58.6 Å². The molecule has 2 aromatic rings. The Morgan fingerprint density at radius 1 is 1.07 bits per heavy atom. The van der Waals surface area contributed by atoms with Crippen molar-refractivity contribution in [3.8, 4) is 5.75 Å². The predicted molar refractivity (Wildman–Crippen MR) is 116 cm³/mol. The monoisotopic (exact) mass is 434 g/mol. The minimum Gasteiger partial charge on any atom is -0.484 e. The van der Waals surface area contributed by atoms with Gasteiger partial charge in [0, 0.05) is 17.6 Å². The molecule has 0 saturated heterocycles. The summed E-state index contributed by atoms with van der Waals surface area (Å²) < 4.78 is 18.6. The molecule has 2 amide bonds. The molecule has 0 bridgehead atoms. The van der Waals surface area contributed by atoms with Crippen molar-refractivity contribution < 1.29 is 18.7 Å². The second kappa shape index (κ2) is 11.6. The zero-order valence-electron chi connectivity index (χ0n) is 17.5. The van der Waals surface area contributed by atoms with Gasteiger partial charge in [-0.15, -0.1) is 0 Å². The fourth-order valence-corrected chi connectivity index (χ4v) is 3.03. The Balaban J connectivity index is 2.19. The van der Waals surface area contributed by atoms with Crippen LogP contribution in [0.4, 0.5) is 4.39 Å². The Morgan fingerprint density at radius 3 is 2.27 bits per heavy atom. The smallest absolute Gasteiger partial charge is 0.261 e. The molecule has 0 aliphatic rings. The third kappa shape index (κ3) is 7.02. The van der Waals surface area contributed by atoms with Gasteiger partial charge in [-0.2, -0.15) is 0 Å². The SMILES string of the molecule is CC[C@@H](C)NC(=O)[C@@H](CC)N(Cc1ccc(Cl)cc1)C(=O)COc1ccc(F)cc1. The molecule has 0 unspecified atom stereocenters. The van der Waals surface area contributed by atoms with Gasteiger partial charge in [0.1, 0.15) is 17.6 Å². The summed E-state index contributed by atoms with van der Waals surface area (Å²) in [5.41, 5.74) is 0.851. The van der Waals surface area contributed by atoms with Crippen molar-refractivity contribution in [2.45, 2.75) is 52.2 Å². The van der Waals surface area contributed by atoms with E-state index in [0.717, 1.165) is 12.0 Å². The molecule has 5 nitrogen and oxygen atoms in total. The van der Waals surface area contributed by atoms with Crippen molar-refractivity contribution in [2.24, 2.45) is 0 Å². The highest BCUT2D eigenvalue weighted by atomic mass is 35.5. The molecule has 7 heteroatoms. The van der Waals surface area contributed by atoms with E-state index in [9.17, 15) is 14.0 Å². The van der Waals surface area contributed by atoms with Gasteiger partial charge < -0.3 is 15.0 Å². The lowest BCUT2D eigenvalue weighted by Crippen LogP contribution is -2.51. The van der Waals surface area contributed by atoms with Crippen LogP contribution in [0.2, 0.25) is 5.02 Å². The van der Waals surface area contributed by atoms with E-state index in [1.165, 1.54) is 29.2 Å². The molecule has 0 saturated carbocycles. The average Bonchev–Trinajstić information content (AvgIpc) is 2.74. The summed E-state index contributed by atoms with van der Waals surface area (Å²) in [6.45, 7) is 5.76. The summed E-state index contributed by atoms with van der Waals surface area (Å²) in [5.74, 6) is -0.532. The number of halogens is 2. The summed E-state index contributed by atoms with van der Waals surface area (Å²) in [4.78, 5) is 27.4. The van der Waals surface area contributed by atoms with Gasteiger partial charge in [0.15, 0.2) is 6.61 Å². The van der Waals surface area contributed by atoms with Crippen molar-refractivity contribution >= 4 is 23.4 Å². The van der Waals surface area contributed by atoms with Crippen LogP contribution in [0.5, 0.6) is 5.75 Å². The first-order valence-electron chi connectivity index (χ1n) is 10.1. The summed E-state index contributed by atoms with van der Waals surface area (Å²) in [6.07, 6.45) is 1.25. The molecule has 2 aromatic carbocycles. The number of hydrogen-bond acceptors (Lipinski definition) is 3. The summed E-state index contributed by atoms with van der Waals surface area (Å²) >= 11 is 5.96. The minimum absolute atomic E-state index is 0.00880. The summed E-state index contributed by atoms with van der Waals surface area (Å²) in [6, 6.07) is 11.9. The van der Waals surface area contributed by atoms with E-state index in [1.807, 2.05) is 32.9 Å². The van der Waals surface area contributed by atoms with Gasteiger partial charge in [0.05, 0.1) is 0 Å². The van der Waals surface area contributed by atoms with E-state index in [1.54, 1.807) is 12.1 Å². The highest BCUT2D eigenvalue weighted by Gasteiger charge is 2.29. The summed E-state index contributed by atoms with van der Waals surface area (Å²) in [5, 5.41) is 3.55. The zero-order chi connectivity index (χ0) is 22.1. The van der Waals surface area contributed by atoms with Crippen LogP contribution in [0.3, 0.4) is 0 Å². The number of rotatable bonds is 10. The fraction of sp³-hybridized carbons (Fsp3) is 0.391. The molecule has 0 spiro atoms. The van der Waals surface area contributed by atoms with Crippen LogP contribution >= 0.6 is 11.6 Å². The number of nitrogens with one attached hydrogen (secondary N) is 1. The van der Waals surface area contributed by atoms with Crippen LogP contribution < -0.4 is 10.1 Å². The quantitative estimate of drug-likeness (QED) is 0.595. The third-order valence-electron chi connectivity index (χ3n) is 4.83. The molecule has 2 atom stereocenters. The van der Waals surface area contributed by atoms with Crippen molar-refractivity contribution in [3.63, 3.8) is 0 Å². The zero-order valence-corrected chi connectivity index (χ0v) is 18.3. The van der Waals surface area contributed by atoms with E-state index in [4.69, 9.17) is 16.3 Å². The second-order valence-corrected chi connectivity index (χ2v) is 7.57. The van der Waals surface area contributed by atoms with Crippen molar-refractivity contribution in [2.75, 3.05) is 6.61 Å². The van der Waals surface area contributed by atoms with Crippen LogP contribution in [0.1, 0.15) is 39.2 Å². The van der Waals surface area contributed by atoms with E-state index >= 15 is 0 Å². The van der Waals surface area contributed by atoms with Crippen molar-refractivity contribution in [1.29, 1.82) is 0 Å². The Labute approximate surface area is 182 Å². The number of carbonyl (C=O) groups excluding carboxylic acids is 2. The van der Waals surface area contributed by atoms with Crippen LogP contribution in [0.15, 0.2) is 48.5 Å². The molecule has 0 heterocycles. The van der Waals surface area contributed by atoms with Crippen molar-refractivity contribution in [1.82, 2.24) is 10.2 Å². The maximum absolute atomic E-state index is 13.1. The molecule has 0 fully saturated rings. The molecule has 162 valence electrons. The first kappa shape index (κ1) is 23.7. The minimum atomic E-state index is -0.640. The molecule has 0 aliphatic carbocycles. The van der Waals surface area contributed by atoms with E-state index < -0.39 is 6.04 Å². The molecule has 0 aliphatic heterocycles. The largest absolute Gasteiger partial charge is 0.484 e. The van der Waals surface area contributed by atoms with Gasteiger partial charge in [-0.05, 0) is 61.7 Å². The molecule has 2 rings (SSSR count). The van der Waals surface area contributed by atoms with Crippen LogP contribution in [0.25, 0.3) is 0 Å². The van der Waals surface area contributed by atoms with Gasteiger partial charge in [0.2, 0.25) is 5.91 Å². The van der Waals surface area contributed by atoms with Gasteiger partial charge in [-0.3, -0.25) is 9.59 Å². The van der Waals surface area contributed by atoms with E-state index in [-0.39, 0.29) is 36.8 Å². The van der Waals surface area contributed by atoms with E-state index in [0.29, 0.717) is 17.2 Å². The second-order valence-electron chi connectivity index (χ2n) is 7.13. The number of nitrogens with zero attached hydrogens (tertiary/aromatic N) is 1. The Hall–Kier alpha value is -2.60. The lowest BCUT2D eigenvalue weighted by Gasteiger charge is -2.31. The van der Waals surface area contributed by atoms with Crippen molar-refractivity contribution in [3.05, 3.63) is 64.9 Å². The van der Waals surface area contributed by atoms with Crippen LogP contribution in [0, 0.1) is 5.82 Å². The average molecular weight is 435 g/mol. The number of benzene rings is 2. The highest BCUT2D eigenvalue weighted by Crippen LogP contribution is 2.17. The molecule has 1 N–H and O–H groups in total. The molecule has 30 heavy (non-hydrogen) atoms. The van der Waals surface area contributed by atoms with Crippen LogP contribution in [-0.4, -0.2) is 35.4 Å². The molecular weight excluding hydrogens is 407 g/mol. The van der Waals surface area contributed by atoms with Gasteiger partial charge in [-0.25, -0.2) is 4.39 Å². The first-order chi connectivity index (χ1) is 14.3. The molecule has 0 aromatic heterocycles. The summed E-state index contributed by atoms with van der Waals surface area (Å²) in [7, 11) is 0. The van der Waals surface area contributed by atoms with Gasteiger partial charge in [0.25, 0.3) is 5.91 Å². The number of carbonyl (C=O) groups is 2. The Morgan fingerprint density at radius 2 is 1.70 bits per heavy atom. The number of ether oxygens (including phenoxy) is 1. The van der Waals surface area contributed by atoms with Gasteiger partial charge in [-0.1, -0.05) is 37.6 Å². The molecule has 0 radical (unpaired) electrons. The standard InChI is InChI=1S/C23H28ClFN2O3/c1-4-16(3)26-23(29)21(5-2)27(14-17-6-8-18(24)9-7-17)22(28)15-30-20-12-10-19(25)11-13-20/h6-13,16,21H,4-5,14-15H2,1-3H3,(H,26,29)/t16-,21-/m1/s1. The normalized spacial score (nSPS) is 12.7. The Kier molecular flexibility index (Phi) is 9.12. The van der Waals surface area contributed by atoms with Gasteiger partial charge >= 0.3 is 0 Å². The van der Waals surface area contributed by atoms with E-state index in [2.05, 4.69) is 5.32 Å². The maximum Gasteiger partial charge on any atom is 0.261 e. The van der Waals surface area contributed by atoms with Crippen LogP contribution in [-0.2, 0) is 16.1 Å². The Bertz CT molecular complexity index is 827. The predicted octanol–water partition coefficient (Wildman–Crippen LogP) is 4.58. The fourth-order valence-electron chi connectivity index (χ4n) is 2.91. The highest BCUT2D eigenvalue weighted by molar-refractivity contribution is 6.30. The first-order valence-corrected chi connectivity index (χ1v) is 10.4. The molecular formula is C23H28ClFN2O3.